The average Bonchev–Trinajstić information content (AvgIpc) is 2.38. The molecule has 1 heterocycles. The molecule has 1 aliphatic heterocycles. The van der Waals surface area contributed by atoms with E-state index >= 15 is 0 Å². The van der Waals surface area contributed by atoms with E-state index in [1.54, 1.807) is 0 Å². The Morgan fingerprint density at radius 2 is 2.00 bits per heavy atom. The van der Waals surface area contributed by atoms with Gasteiger partial charge in [0.15, 0.2) is 0 Å². The third-order valence-corrected chi connectivity index (χ3v) is 5.30. The van der Waals surface area contributed by atoms with Gasteiger partial charge >= 0.3 is 11.9 Å². The number of fused-ring (bicyclic) bond motifs is 2. The van der Waals surface area contributed by atoms with Gasteiger partial charge in [0.2, 0.25) is 0 Å². The monoisotopic (exact) mass is 192 g/mol. The van der Waals surface area contributed by atoms with Crippen LogP contribution in [-0.2, 0) is 14.3 Å². The number of esters is 2. The highest BCUT2D eigenvalue weighted by Gasteiger charge is 2.78. The van der Waals surface area contributed by atoms with Gasteiger partial charge < -0.3 is 4.74 Å². The maximum Gasteiger partial charge on any atom is 0.318 e. The molecule has 3 saturated carbocycles. The van der Waals surface area contributed by atoms with Crippen LogP contribution < -0.4 is 0 Å². The highest BCUT2D eigenvalue weighted by Crippen LogP contribution is 2.76. The highest BCUT2D eigenvalue weighted by atomic mass is 16.6. The van der Waals surface area contributed by atoms with E-state index in [0.717, 1.165) is 18.8 Å². The van der Waals surface area contributed by atoms with Crippen LogP contribution in [0, 0.1) is 29.1 Å². The molecular formula is C11H12O3. The van der Waals surface area contributed by atoms with Crippen molar-refractivity contribution < 1.29 is 14.3 Å². The summed E-state index contributed by atoms with van der Waals surface area (Å²) in [5, 5.41) is 0. The van der Waals surface area contributed by atoms with Crippen molar-refractivity contribution in [2.75, 3.05) is 0 Å². The van der Waals surface area contributed by atoms with Crippen molar-refractivity contribution in [1.29, 1.82) is 0 Å². The van der Waals surface area contributed by atoms with Gasteiger partial charge in [0.1, 0.15) is 0 Å². The molecule has 0 radical (unpaired) electrons. The van der Waals surface area contributed by atoms with Crippen molar-refractivity contribution in [2.45, 2.75) is 25.7 Å². The minimum atomic E-state index is -0.233. The number of hydrogen-bond acceptors (Lipinski definition) is 3. The molecule has 3 aliphatic carbocycles. The van der Waals surface area contributed by atoms with Crippen molar-refractivity contribution >= 4 is 11.9 Å². The van der Waals surface area contributed by atoms with Gasteiger partial charge in [-0.2, -0.15) is 0 Å². The van der Waals surface area contributed by atoms with E-state index in [4.69, 9.17) is 4.74 Å². The summed E-state index contributed by atoms with van der Waals surface area (Å²) in [6.45, 7) is 0. The first kappa shape index (κ1) is 7.43. The number of rotatable bonds is 0. The number of carbonyl (C=O) groups excluding carboxylic acids is 2. The van der Waals surface area contributed by atoms with Crippen LogP contribution in [0.1, 0.15) is 25.7 Å². The van der Waals surface area contributed by atoms with Gasteiger partial charge in [-0.3, -0.25) is 9.59 Å². The van der Waals surface area contributed by atoms with Crippen molar-refractivity contribution in [3.05, 3.63) is 0 Å². The second kappa shape index (κ2) is 1.90. The first-order valence-electron chi connectivity index (χ1n) is 5.50. The highest BCUT2D eigenvalue weighted by molar-refractivity contribution is 5.99. The second-order valence-corrected chi connectivity index (χ2v) is 5.28. The summed E-state index contributed by atoms with van der Waals surface area (Å²) in [4.78, 5) is 22.9. The van der Waals surface area contributed by atoms with Crippen molar-refractivity contribution in [1.82, 2.24) is 0 Å². The summed E-state index contributed by atoms with van der Waals surface area (Å²) in [6, 6.07) is 0. The molecule has 5 unspecified atom stereocenters. The molecule has 4 aliphatic rings. The molecule has 0 amide bonds. The predicted octanol–water partition coefficient (Wildman–Crippen LogP) is 1.12. The minimum absolute atomic E-state index is 0.0405. The molecule has 0 bridgehead atoms. The lowest BCUT2D eigenvalue weighted by molar-refractivity contribution is -0.180. The molecular weight excluding hydrogens is 180 g/mol. The van der Waals surface area contributed by atoms with E-state index in [9.17, 15) is 9.59 Å². The maximum atomic E-state index is 11.5. The third kappa shape index (κ3) is 0.494. The molecule has 0 aromatic carbocycles. The number of ether oxygens (including phenoxy) is 1. The average molecular weight is 192 g/mol. The van der Waals surface area contributed by atoms with Crippen LogP contribution in [-0.4, -0.2) is 11.9 Å². The van der Waals surface area contributed by atoms with Gasteiger partial charge in [-0.05, 0) is 42.9 Å². The van der Waals surface area contributed by atoms with E-state index in [2.05, 4.69) is 0 Å². The molecule has 1 spiro atoms. The van der Waals surface area contributed by atoms with Crippen LogP contribution in [0.25, 0.3) is 0 Å². The topological polar surface area (TPSA) is 43.4 Å². The second-order valence-electron chi connectivity index (χ2n) is 5.28. The molecule has 3 nitrogen and oxygen atoms in total. The fourth-order valence-corrected chi connectivity index (χ4v) is 4.73. The molecule has 0 N–H and O–H groups in total. The Morgan fingerprint density at radius 1 is 1.14 bits per heavy atom. The van der Waals surface area contributed by atoms with Gasteiger partial charge in [-0.15, -0.1) is 0 Å². The number of carbonyl (C=O) groups is 2. The Hall–Kier alpha value is -0.860. The molecule has 0 aromatic rings. The van der Waals surface area contributed by atoms with E-state index < -0.39 is 0 Å². The Bertz CT molecular complexity index is 362. The predicted molar refractivity (Wildman–Crippen MR) is 46.0 cm³/mol. The first-order chi connectivity index (χ1) is 6.75. The summed E-state index contributed by atoms with van der Waals surface area (Å²) in [5.41, 5.74) is 0.230. The van der Waals surface area contributed by atoms with Gasteiger partial charge in [0, 0.05) is 0 Å². The van der Waals surface area contributed by atoms with Crippen LogP contribution in [0.5, 0.6) is 0 Å². The molecule has 3 heteroatoms. The smallest absolute Gasteiger partial charge is 0.318 e. The number of cyclic esters (lactones) is 2. The van der Waals surface area contributed by atoms with E-state index in [-0.39, 0.29) is 29.2 Å². The fraction of sp³-hybridized carbons (Fsp3) is 0.818. The lowest BCUT2D eigenvalue weighted by atomic mass is 9.39. The van der Waals surface area contributed by atoms with Gasteiger partial charge in [-0.1, -0.05) is 0 Å². The zero-order valence-electron chi connectivity index (χ0n) is 7.86. The summed E-state index contributed by atoms with van der Waals surface area (Å²) in [6.07, 6.45) is 4.81. The minimum Gasteiger partial charge on any atom is -0.393 e. The quantitative estimate of drug-likeness (QED) is 0.426. The SMILES string of the molecule is O=C1OC(=O)C2C1C1CCC3CCC312. The van der Waals surface area contributed by atoms with Crippen LogP contribution in [0.15, 0.2) is 0 Å². The summed E-state index contributed by atoms with van der Waals surface area (Å²) < 4.78 is 4.75. The van der Waals surface area contributed by atoms with E-state index in [1.165, 1.54) is 12.8 Å². The van der Waals surface area contributed by atoms with Crippen molar-refractivity contribution in [3.8, 4) is 0 Å². The maximum absolute atomic E-state index is 11.5. The standard InChI is InChI=1S/C11H12O3/c12-9-7-6-2-1-5-3-4-11(5,6)8(7)10(13)14-9/h5-8H,1-4H2. The molecule has 4 fully saturated rings. The zero-order chi connectivity index (χ0) is 9.50. The lowest BCUT2D eigenvalue weighted by Gasteiger charge is -2.61. The van der Waals surface area contributed by atoms with Crippen LogP contribution >= 0.6 is 0 Å². The molecule has 5 atom stereocenters. The van der Waals surface area contributed by atoms with Gasteiger partial charge in [0.05, 0.1) is 11.8 Å². The number of hydrogen-bond donors (Lipinski definition) is 0. The van der Waals surface area contributed by atoms with Gasteiger partial charge in [-0.25, -0.2) is 0 Å². The van der Waals surface area contributed by atoms with E-state index in [1.807, 2.05) is 0 Å². The Morgan fingerprint density at radius 3 is 2.71 bits per heavy atom. The van der Waals surface area contributed by atoms with Crippen molar-refractivity contribution in [2.24, 2.45) is 29.1 Å². The molecule has 1 saturated heterocycles. The Balaban J connectivity index is 1.81. The normalized spacial score (nSPS) is 58.0. The largest absolute Gasteiger partial charge is 0.393 e. The summed E-state index contributed by atoms with van der Waals surface area (Å²) >= 11 is 0. The van der Waals surface area contributed by atoms with Crippen molar-refractivity contribution in [3.63, 3.8) is 0 Å². The fourth-order valence-electron chi connectivity index (χ4n) is 4.73. The molecule has 4 rings (SSSR count). The van der Waals surface area contributed by atoms with Crippen LogP contribution in [0.3, 0.4) is 0 Å². The van der Waals surface area contributed by atoms with E-state index in [0.29, 0.717) is 5.92 Å². The molecule has 74 valence electrons. The Kier molecular flexibility index (Phi) is 1.01. The third-order valence-electron chi connectivity index (χ3n) is 5.30. The molecule has 14 heavy (non-hydrogen) atoms. The van der Waals surface area contributed by atoms with Gasteiger partial charge in [0.25, 0.3) is 0 Å². The zero-order valence-corrected chi connectivity index (χ0v) is 7.86. The molecule has 0 aromatic heterocycles. The lowest BCUT2D eigenvalue weighted by Crippen LogP contribution is -2.62. The summed E-state index contributed by atoms with van der Waals surface area (Å²) in [5.74, 6) is 0.678. The van der Waals surface area contributed by atoms with Crippen LogP contribution in [0.2, 0.25) is 0 Å². The first-order valence-corrected chi connectivity index (χ1v) is 5.50. The Labute approximate surface area is 81.8 Å². The summed E-state index contributed by atoms with van der Waals surface area (Å²) in [7, 11) is 0. The van der Waals surface area contributed by atoms with Crippen LogP contribution in [0.4, 0.5) is 0 Å².